The van der Waals surface area contributed by atoms with Crippen LogP contribution in [0.15, 0.2) is 30.5 Å². The Labute approximate surface area is 113 Å². The number of anilines is 1. The van der Waals surface area contributed by atoms with Crippen LogP contribution in [0.25, 0.3) is 11.0 Å². The van der Waals surface area contributed by atoms with Gasteiger partial charge in [0.2, 0.25) is 0 Å². The van der Waals surface area contributed by atoms with Crippen molar-refractivity contribution in [3.8, 4) is 0 Å². The first-order valence-corrected chi connectivity index (χ1v) is 6.91. The number of aromatic nitrogens is 2. The third-order valence-corrected chi connectivity index (χ3v) is 3.06. The lowest BCUT2D eigenvalue weighted by Gasteiger charge is -2.22. The maximum Gasteiger partial charge on any atom is 0.147 e. The van der Waals surface area contributed by atoms with Gasteiger partial charge in [-0.15, -0.1) is 11.6 Å². The number of hydrogen-bond acceptors (Lipinski definition) is 3. The van der Waals surface area contributed by atoms with E-state index in [2.05, 4.69) is 21.8 Å². The van der Waals surface area contributed by atoms with Gasteiger partial charge in [0.1, 0.15) is 5.82 Å². The molecule has 0 spiro atoms. The van der Waals surface area contributed by atoms with Crippen molar-refractivity contribution < 1.29 is 0 Å². The van der Waals surface area contributed by atoms with Crippen molar-refractivity contribution in [1.82, 2.24) is 9.97 Å². The van der Waals surface area contributed by atoms with Crippen molar-refractivity contribution >= 4 is 28.5 Å². The molecule has 0 bridgehead atoms. The zero-order chi connectivity index (χ0) is 12.8. The summed E-state index contributed by atoms with van der Waals surface area (Å²) >= 11 is 5.85. The Bertz CT molecular complexity index is 501. The first kappa shape index (κ1) is 13.1. The van der Waals surface area contributed by atoms with Gasteiger partial charge in [0.05, 0.1) is 17.2 Å². The highest BCUT2D eigenvalue weighted by atomic mass is 35.5. The molecule has 4 heteroatoms. The van der Waals surface area contributed by atoms with Crippen molar-refractivity contribution in [2.45, 2.75) is 19.8 Å². The fourth-order valence-corrected chi connectivity index (χ4v) is 2.10. The molecule has 0 N–H and O–H groups in total. The largest absolute Gasteiger partial charge is 0.354 e. The van der Waals surface area contributed by atoms with Gasteiger partial charge in [-0.1, -0.05) is 25.5 Å². The van der Waals surface area contributed by atoms with Crippen molar-refractivity contribution in [3.63, 3.8) is 0 Å². The van der Waals surface area contributed by atoms with E-state index in [1.165, 1.54) is 6.42 Å². The lowest BCUT2D eigenvalue weighted by molar-refractivity contribution is 0.725. The van der Waals surface area contributed by atoms with E-state index in [4.69, 9.17) is 11.6 Å². The summed E-state index contributed by atoms with van der Waals surface area (Å²) in [5.41, 5.74) is 1.87. The Hall–Kier alpha value is -1.35. The van der Waals surface area contributed by atoms with Crippen LogP contribution in [0.4, 0.5) is 5.82 Å². The minimum absolute atomic E-state index is 0.609. The number of benzene rings is 1. The zero-order valence-electron chi connectivity index (χ0n) is 10.6. The first-order valence-electron chi connectivity index (χ1n) is 6.38. The molecule has 0 atom stereocenters. The number of alkyl halides is 1. The highest BCUT2D eigenvalue weighted by Gasteiger charge is 2.08. The normalized spacial score (nSPS) is 10.8. The minimum atomic E-state index is 0.609. The molecule has 0 saturated heterocycles. The molecule has 0 aliphatic heterocycles. The second-order valence-electron chi connectivity index (χ2n) is 4.25. The van der Waals surface area contributed by atoms with E-state index in [9.17, 15) is 0 Å². The molecule has 0 radical (unpaired) electrons. The van der Waals surface area contributed by atoms with Gasteiger partial charge in [-0.2, -0.15) is 0 Å². The van der Waals surface area contributed by atoms with Crippen LogP contribution in [0.1, 0.15) is 19.8 Å². The Morgan fingerprint density at radius 2 is 1.94 bits per heavy atom. The van der Waals surface area contributed by atoms with Crippen LogP contribution in [0.2, 0.25) is 0 Å². The average molecular weight is 264 g/mol. The molecular weight excluding hydrogens is 246 g/mol. The number of nitrogens with zero attached hydrogens (tertiary/aromatic N) is 3. The van der Waals surface area contributed by atoms with E-state index in [1.807, 2.05) is 30.5 Å². The van der Waals surface area contributed by atoms with E-state index in [-0.39, 0.29) is 0 Å². The summed E-state index contributed by atoms with van der Waals surface area (Å²) in [6.07, 6.45) is 4.15. The van der Waals surface area contributed by atoms with E-state index < -0.39 is 0 Å². The van der Waals surface area contributed by atoms with Crippen LogP contribution in [0, 0.1) is 0 Å². The topological polar surface area (TPSA) is 29.0 Å². The van der Waals surface area contributed by atoms with E-state index in [0.29, 0.717) is 5.88 Å². The van der Waals surface area contributed by atoms with Crippen molar-refractivity contribution in [1.29, 1.82) is 0 Å². The fraction of sp³-hybridized carbons (Fsp3) is 0.429. The maximum atomic E-state index is 5.85. The SMILES string of the molecule is CCCCN(CCCl)c1cnc2ccccc2n1. The molecule has 0 aliphatic carbocycles. The molecule has 3 nitrogen and oxygen atoms in total. The van der Waals surface area contributed by atoms with Gasteiger partial charge < -0.3 is 4.90 Å². The van der Waals surface area contributed by atoms with Crippen LogP contribution in [-0.4, -0.2) is 28.9 Å². The molecule has 2 rings (SSSR count). The Morgan fingerprint density at radius 3 is 2.67 bits per heavy atom. The van der Waals surface area contributed by atoms with Gasteiger partial charge in [-0.3, -0.25) is 4.98 Å². The Balaban J connectivity index is 2.25. The van der Waals surface area contributed by atoms with Crippen LogP contribution in [-0.2, 0) is 0 Å². The van der Waals surface area contributed by atoms with E-state index >= 15 is 0 Å². The van der Waals surface area contributed by atoms with Crippen LogP contribution in [0.3, 0.4) is 0 Å². The number of fused-ring (bicyclic) bond motifs is 1. The van der Waals surface area contributed by atoms with E-state index in [0.717, 1.165) is 36.4 Å². The molecule has 0 unspecified atom stereocenters. The molecule has 18 heavy (non-hydrogen) atoms. The number of hydrogen-bond donors (Lipinski definition) is 0. The third-order valence-electron chi connectivity index (χ3n) is 2.90. The van der Waals surface area contributed by atoms with Gasteiger partial charge in [-0.05, 0) is 18.6 Å². The maximum absolute atomic E-state index is 5.85. The second-order valence-corrected chi connectivity index (χ2v) is 4.62. The number of halogens is 1. The van der Waals surface area contributed by atoms with Gasteiger partial charge >= 0.3 is 0 Å². The molecule has 0 saturated carbocycles. The van der Waals surface area contributed by atoms with Gasteiger partial charge in [0.15, 0.2) is 0 Å². The second kappa shape index (κ2) is 6.55. The lowest BCUT2D eigenvalue weighted by atomic mass is 10.3. The Kier molecular flexibility index (Phi) is 4.76. The minimum Gasteiger partial charge on any atom is -0.354 e. The average Bonchev–Trinajstić information content (AvgIpc) is 2.43. The van der Waals surface area contributed by atoms with Gasteiger partial charge in [-0.25, -0.2) is 4.98 Å². The predicted molar refractivity (Wildman–Crippen MR) is 77.4 cm³/mol. The Morgan fingerprint density at radius 1 is 1.17 bits per heavy atom. The third kappa shape index (κ3) is 3.10. The van der Waals surface area contributed by atoms with Gasteiger partial charge in [0.25, 0.3) is 0 Å². The van der Waals surface area contributed by atoms with Crippen LogP contribution in [0.5, 0.6) is 0 Å². The molecule has 2 aromatic rings. The fourth-order valence-electron chi connectivity index (χ4n) is 1.89. The molecule has 1 aromatic heterocycles. The molecule has 0 amide bonds. The molecule has 96 valence electrons. The summed E-state index contributed by atoms with van der Waals surface area (Å²) in [6.45, 7) is 3.98. The standard InChI is InChI=1S/C14H18ClN3/c1-2-3-9-18(10-8-15)14-11-16-12-6-4-5-7-13(12)17-14/h4-7,11H,2-3,8-10H2,1H3. The van der Waals surface area contributed by atoms with Crippen LogP contribution < -0.4 is 4.90 Å². The summed E-state index contributed by atoms with van der Waals surface area (Å²) < 4.78 is 0. The van der Waals surface area contributed by atoms with Crippen LogP contribution >= 0.6 is 11.6 Å². The summed E-state index contributed by atoms with van der Waals surface area (Å²) in [6, 6.07) is 7.93. The molecule has 1 heterocycles. The quantitative estimate of drug-likeness (QED) is 0.748. The highest BCUT2D eigenvalue weighted by molar-refractivity contribution is 6.18. The summed E-state index contributed by atoms with van der Waals surface area (Å²) in [7, 11) is 0. The summed E-state index contributed by atoms with van der Waals surface area (Å²) in [5, 5.41) is 0. The number of rotatable bonds is 6. The monoisotopic (exact) mass is 263 g/mol. The van der Waals surface area contributed by atoms with Crippen molar-refractivity contribution in [2.24, 2.45) is 0 Å². The highest BCUT2D eigenvalue weighted by Crippen LogP contribution is 2.15. The zero-order valence-corrected chi connectivity index (χ0v) is 11.4. The molecule has 0 aliphatic rings. The predicted octanol–water partition coefficient (Wildman–Crippen LogP) is 3.48. The molecular formula is C14H18ClN3. The molecule has 1 aromatic carbocycles. The van der Waals surface area contributed by atoms with Crippen molar-refractivity contribution in [3.05, 3.63) is 30.5 Å². The smallest absolute Gasteiger partial charge is 0.147 e. The summed E-state index contributed by atoms with van der Waals surface area (Å²) in [5.74, 6) is 1.53. The summed E-state index contributed by atoms with van der Waals surface area (Å²) in [4.78, 5) is 11.3. The molecule has 0 fully saturated rings. The van der Waals surface area contributed by atoms with E-state index in [1.54, 1.807) is 0 Å². The van der Waals surface area contributed by atoms with Gasteiger partial charge in [0, 0.05) is 19.0 Å². The number of para-hydroxylation sites is 2. The van der Waals surface area contributed by atoms with Crippen molar-refractivity contribution in [2.75, 3.05) is 23.9 Å². The number of unbranched alkanes of at least 4 members (excludes halogenated alkanes) is 1. The lowest BCUT2D eigenvalue weighted by Crippen LogP contribution is -2.27. The first-order chi connectivity index (χ1) is 8.85.